The highest BCUT2D eigenvalue weighted by Gasteiger charge is 2.08. The number of nitrogens with two attached hydrogens (primary N) is 1. The summed E-state index contributed by atoms with van der Waals surface area (Å²) in [7, 11) is 0. The predicted octanol–water partition coefficient (Wildman–Crippen LogP) is 3.04. The van der Waals surface area contributed by atoms with Crippen LogP contribution in [-0.4, -0.2) is 4.98 Å². The van der Waals surface area contributed by atoms with Crippen molar-refractivity contribution in [3.05, 3.63) is 52.9 Å². The van der Waals surface area contributed by atoms with Crippen molar-refractivity contribution < 1.29 is 9.13 Å². The highest BCUT2D eigenvalue weighted by atomic mass is 35.5. The summed E-state index contributed by atoms with van der Waals surface area (Å²) in [6.07, 6.45) is 1.57. The van der Waals surface area contributed by atoms with E-state index in [4.69, 9.17) is 22.1 Å². The van der Waals surface area contributed by atoms with Crippen LogP contribution in [-0.2, 0) is 6.61 Å². The van der Waals surface area contributed by atoms with Crippen LogP contribution in [0.4, 0.5) is 10.2 Å². The standard InChI is InChI=1S/C12H10ClFN2O/c13-9-2-1-3-10(14)12(9)17-7-8-4-5-11(15)16-6-8/h1-6H,7H2,(H2,15,16). The average molecular weight is 253 g/mol. The van der Waals surface area contributed by atoms with Gasteiger partial charge in [-0.2, -0.15) is 0 Å². The van der Waals surface area contributed by atoms with Gasteiger partial charge in [-0.1, -0.05) is 23.7 Å². The Labute approximate surface area is 103 Å². The molecule has 1 heterocycles. The quantitative estimate of drug-likeness (QED) is 0.913. The molecular weight excluding hydrogens is 243 g/mol. The molecule has 2 rings (SSSR count). The van der Waals surface area contributed by atoms with Gasteiger partial charge in [0.2, 0.25) is 0 Å². The maximum Gasteiger partial charge on any atom is 0.174 e. The molecule has 5 heteroatoms. The molecule has 0 unspecified atom stereocenters. The SMILES string of the molecule is Nc1ccc(COc2c(F)cccc2Cl)cn1. The minimum Gasteiger partial charge on any atom is -0.484 e. The van der Waals surface area contributed by atoms with E-state index in [2.05, 4.69) is 4.98 Å². The van der Waals surface area contributed by atoms with Crippen LogP contribution in [0.1, 0.15) is 5.56 Å². The number of benzene rings is 1. The minimum absolute atomic E-state index is 0.0472. The van der Waals surface area contributed by atoms with Gasteiger partial charge in [-0.25, -0.2) is 9.37 Å². The lowest BCUT2D eigenvalue weighted by Gasteiger charge is -2.08. The van der Waals surface area contributed by atoms with Crippen molar-refractivity contribution in [2.45, 2.75) is 6.61 Å². The van der Waals surface area contributed by atoms with E-state index >= 15 is 0 Å². The number of rotatable bonds is 3. The number of halogens is 2. The average Bonchev–Trinajstić information content (AvgIpc) is 2.31. The van der Waals surface area contributed by atoms with E-state index in [1.54, 1.807) is 24.4 Å². The van der Waals surface area contributed by atoms with Gasteiger partial charge in [0.15, 0.2) is 11.6 Å². The van der Waals surface area contributed by atoms with Gasteiger partial charge < -0.3 is 10.5 Å². The normalized spacial score (nSPS) is 10.2. The molecule has 2 N–H and O–H groups in total. The van der Waals surface area contributed by atoms with Gasteiger partial charge in [0.05, 0.1) is 5.02 Å². The second kappa shape index (κ2) is 5.01. The summed E-state index contributed by atoms with van der Waals surface area (Å²) in [5.74, 6) is -0.00966. The van der Waals surface area contributed by atoms with Crippen LogP contribution in [0.3, 0.4) is 0 Å². The zero-order valence-electron chi connectivity index (χ0n) is 8.86. The van der Waals surface area contributed by atoms with Gasteiger partial charge in [-0.15, -0.1) is 0 Å². The van der Waals surface area contributed by atoms with E-state index in [1.165, 1.54) is 12.1 Å². The van der Waals surface area contributed by atoms with Gasteiger partial charge in [0, 0.05) is 11.8 Å². The van der Waals surface area contributed by atoms with E-state index in [-0.39, 0.29) is 17.4 Å². The molecule has 0 aliphatic heterocycles. The topological polar surface area (TPSA) is 48.1 Å². The zero-order valence-corrected chi connectivity index (χ0v) is 9.62. The van der Waals surface area contributed by atoms with Gasteiger partial charge >= 0.3 is 0 Å². The van der Waals surface area contributed by atoms with E-state index < -0.39 is 5.82 Å². The van der Waals surface area contributed by atoms with E-state index in [9.17, 15) is 4.39 Å². The van der Waals surface area contributed by atoms with Crippen molar-refractivity contribution in [2.24, 2.45) is 0 Å². The Balaban J connectivity index is 2.10. The van der Waals surface area contributed by atoms with Gasteiger partial charge in [0.25, 0.3) is 0 Å². The maximum atomic E-state index is 13.4. The molecule has 0 saturated carbocycles. The van der Waals surface area contributed by atoms with Gasteiger partial charge in [0.1, 0.15) is 12.4 Å². The Morgan fingerprint density at radius 3 is 2.76 bits per heavy atom. The molecule has 0 aliphatic carbocycles. The third kappa shape index (κ3) is 2.85. The van der Waals surface area contributed by atoms with E-state index in [1.807, 2.05) is 0 Å². The third-order valence-corrected chi connectivity index (χ3v) is 2.45. The van der Waals surface area contributed by atoms with Crippen LogP contribution >= 0.6 is 11.6 Å². The van der Waals surface area contributed by atoms with Crippen LogP contribution in [0.2, 0.25) is 5.02 Å². The molecule has 1 aromatic carbocycles. The molecule has 17 heavy (non-hydrogen) atoms. The first-order valence-corrected chi connectivity index (χ1v) is 5.32. The zero-order chi connectivity index (χ0) is 12.3. The van der Waals surface area contributed by atoms with E-state index in [0.29, 0.717) is 5.82 Å². The summed E-state index contributed by atoms with van der Waals surface area (Å²) in [4.78, 5) is 3.91. The molecule has 1 aromatic heterocycles. The molecule has 0 atom stereocenters. The number of aromatic nitrogens is 1. The molecule has 88 valence electrons. The van der Waals surface area contributed by atoms with Crippen molar-refractivity contribution in [3.8, 4) is 5.75 Å². The Morgan fingerprint density at radius 1 is 1.29 bits per heavy atom. The second-order valence-corrected chi connectivity index (χ2v) is 3.84. The number of ether oxygens (including phenoxy) is 1. The smallest absolute Gasteiger partial charge is 0.174 e. The number of nitrogen functional groups attached to an aromatic ring is 1. The Morgan fingerprint density at radius 2 is 2.12 bits per heavy atom. The number of nitrogens with zero attached hydrogens (tertiary/aromatic N) is 1. The molecule has 0 amide bonds. The molecule has 0 saturated heterocycles. The van der Waals surface area contributed by atoms with Crippen LogP contribution in [0.5, 0.6) is 5.75 Å². The fourth-order valence-electron chi connectivity index (χ4n) is 1.30. The van der Waals surface area contributed by atoms with Crippen molar-refractivity contribution in [3.63, 3.8) is 0 Å². The van der Waals surface area contributed by atoms with Crippen molar-refractivity contribution in [1.82, 2.24) is 4.98 Å². The van der Waals surface area contributed by atoms with Gasteiger partial charge in [-0.05, 0) is 18.2 Å². The molecular formula is C12H10ClFN2O. The lowest BCUT2D eigenvalue weighted by Crippen LogP contribution is -1.99. The Hall–Kier alpha value is -1.81. The first-order valence-electron chi connectivity index (χ1n) is 4.94. The highest BCUT2D eigenvalue weighted by molar-refractivity contribution is 6.32. The molecule has 2 aromatic rings. The number of pyridine rings is 1. The summed E-state index contributed by atoms with van der Waals surface area (Å²) in [5.41, 5.74) is 6.24. The fourth-order valence-corrected chi connectivity index (χ4v) is 1.51. The fraction of sp³-hybridized carbons (Fsp3) is 0.0833. The number of para-hydroxylation sites is 1. The highest BCUT2D eigenvalue weighted by Crippen LogP contribution is 2.27. The summed E-state index contributed by atoms with van der Waals surface area (Å²) in [6.45, 7) is 0.188. The second-order valence-electron chi connectivity index (χ2n) is 3.43. The van der Waals surface area contributed by atoms with Crippen LogP contribution in [0.25, 0.3) is 0 Å². The molecule has 0 bridgehead atoms. The minimum atomic E-state index is -0.485. The lowest BCUT2D eigenvalue weighted by molar-refractivity contribution is 0.290. The molecule has 3 nitrogen and oxygen atoms in total. The Kier molecular flexibility index (Phi) is 3.44. The van der Waals surface area contributed by atoms with Crippen LogP contribution < -0.4 is 10.5 Å². The van der Waals surface area contributed by atoms with E-state index in [0.717, 1.165) is 5.56 Å². The molecule has 0 spiro atoms. The van der Waals surface area contributed by atoms with Crippen LogP contribution in [0, 0.1) is 5.82 Å². The molecule has 0 aliphatic rings. The number of anilines is 1. The summed E-state index contributed by atoms with van der Waals surface area (Å²) in [6, 6.07) is 7.80. The van der Waals surface area contributed by atoms with Gasteiger partial charge in [-0.3, -0.25) is 0 Å². The Bertz CT molecular complexity index is 496. The van der Waals surface area contributed by atoms with Crippen molar-refractivity contribution in [1.29, 1.82) is 0 Å². The van der Waals surface area contributed by atoms with Crippen molar-refractivity contribution in [2.75, 3.05) is 5.73 Å². The first-order chi connectivity index (χ1) is 8.16. The molecule has 0 fully saturated rings. The maximum absolute atomic E-state index is 13.4. The predicted molar refractivity (Wildman–Crippen MR) is 64.4 cm³/mol. The third-order valence-electron chi connectivity index (χ3n) is 2.15. The number of hydrogen-bond donors (Lipinski definition) is 1. The number of hydrogen-bond acceptors (Lipinski definition) is 3. The molecule has 0 radical (unpaired) electrons. The van der Waals surface area contributed by atoms with Crippen LogP contribution in [0.15, 0.2) is 36.5 Å². The summed E-state index contributed by atoms with van der Waals surface area (Å²) >= 11 is 5.82. The monoisotopic (exact) mass is 252 g/mol. The first kappa shape index (κ1) is 11.7. The summed E-state index contributed by atoms with van der Waals surface area (Å²) < 4.78 is 18.7. The summed E-state index contributed by atoms with van der Waals surface area (Å²) in [5, 5.41) is 0.244. The lowest BCUT2D eigenvalue weighted by atomic mass is 10.3. The van der Waals surface area contributed by atoms with Crippen molar-refractivity contribution >= 4 is 17.4 Å². The largest absolute Gasteiger partial charge is 0.484 e.